The molecule has 5 heteroatoms. The highest BCUT2D eigenvalue weighted by molar-refractivity contribution is 7.98. The average molecular weight is 289 g/mol. The summed E-state index contributed by atoms with van der Waals surface area (Å²) in [6.07, 6.45) is 3.01. The lowest BCUT2D eigenvalue weighted by Crippen LogP contribution is -2.05. The Morgan fingerprint density at radius 3 is 2.70 bits per heavy atom. The summed E-state index contributed by atoms with van der Waals surface area (Å²) < 4.78 is 5.75. The largest absolute Gasteiger partial charge is 0.473 e. The molecule has 4 nitrogen and oxygen atoms in total. The summed E-state index contributed by atoms with van der Waals surface area (Å²) in [7, 11) is 0. The first kappa shape index (κ1) is 14.7. The molecule has 0 bridgehead atoms. The summed E-state index contributed by atoms with van der Waals surface area (Å²) in [6, 6.07) is 11.9. The van der Waals surface area contributed by atoms with Crippen LogP contribution in [0.3, 0.4) is 0 Å². The molecule has 2 rings (SSSR count). The molecule has 0 spiro atoms. The monoisotopic (exact) mass is 289 g/mol. The molecular weight excluding hydrogens is 270 g/mol. The van der Waals surface area contributed by atoms with E-state index in [4.69, 9.17) is 4.74 Å². The first-order valence-electron chi connectivity index (χ1n) is 6.65. The maximum absolute atomic E-state index is 5.75. The van der Waals surface area contributed by atoms with Crippen LogP contribution in [-0.4, -0.2) is 22.8 Å². The lowest BCUT2D eigenvalue weighted by atomic mass is 10.2. The number of thioether (sulfide) groups is 1. The SMILES string of the molecule is CCCNc1cc(OCc2ccccc2)nc(SC)n1. The zero-order valence-electron chi connectivity index (χ0n) is 11.8. The molecule has 0 fully saturated rings. The molecule has 0 radical (unpaired) electrons. The first-order valence-corrected chi connectivity index (χ1v) is 7.88. The highest BCUT2D eigenvalue weighted by atomic mass is 32.2. The molecule has 0 aliphatic heterocycles. The molecule has 0 saturated heterocycles. The maximum Gasteiger partial charge on any atom is 0.219 e. The van der Waals surface area contributed by atoms with Crippen LogP contribution in [0.15, 0.2) is 41.6 Å². The second-order valence-electron chi connectivity index (χ2n) is 4.28. The Morgan fingerprint density at radius 1 is 1.20 bits per heavy atom. The zero-order valence-corrected chi connectivity index (χ0v) is 12.6. The van der Waals surface area contributed by atoms with E-state index in [0.717, 1.165) is 24.3 Å². The van der Waals surface area contributed by atoms with Gasteiger partial charge in [0.2, 0.25) is 5.88 Å². The fraction of sp³-hybridized carbons (Fsp3) is 0.333. The minimum absolute atomic E-state index is 0.513. The van der Waals surface area contributed by atoms with Crippen LogP contribution in [0.4, 0.5) is 5.82 Å². The van der Waals surface area contributed by atoms with E-state index in [1.165, 1.54) is 11.8 Å². The summed E-state index contributed by atoms with van der Waals surface area (Å²) in [5.74, 6) is 1.42. The van der Waals surface area contributed by atoms with Crippen molar-refractivity contribution in [1.82, 2.24) is 9.97 Å². The van der Waals surface area contributed by atoms with Crippen LogP contribution in [0, 0.1) is 0 Å². The van der Waals surface area contributed by atoms with Gasteiger partial charge < -0.3 is 10.1 Å². The summed E-state index contributed by atoms with van der Waals surface area (Å²) in [5.41, 5.74) is 1.12. The standard InChI is InChI=1S/C15H19N3OS/c1-3-9-16-13-10-14(18-15(17-13)20-2)19-11-12-7-5-4-6-8-12/h4-8,10H,3,9,11H2,1-2H3,(H,16,17,18). The van der Waals surface area contributed by atoms with Crippen LogP contribution in [0.2, 0.25) is 0 Å². The third-order valence-electron chi connectivity index (χ3n) is 2.65. The number of hydrogen-bond donors (Lipinski definition) is 1. The molecule has 0 atom stereocenters. The number of aromatic nitrogens is 2. The van der Waals surface area contributed by atoms with Gasteiger partial charge in [-0.25, -0.2) is 4.98 Å². The van der Waals surface area contributed by atoms with Crippen molar-refractivity contribution in [2.75, 3.05) is 18.1 Å². The topological polar surface area (TPSA) is 47.0 Å². The third kappa shape index (κ3) is 4.42. The molecule has 1 aromatic heterocycles. The van der Waals surface area contributed by atoms with Gasteiger partial charge in [-0.15, -0.1) is 0 Å². The molecule has 1 N–H and O–H groups in total. The predicted octanol–water partition coefficient (Wildman–Crippen LogP) is 3.60. The van der Waals surface area contributed by atoms with E-state index in [0.29, 0.717) is 17.6 Å². The van der Waals surface area contributed by atoms with E-state index in [1.54, 1.807) is 0 Å². The van der Waals surface area contributed by atoms with Gasteiger partial charge in [0.05, 0.1) is 0 Å². The lowest BCUT2D eigenvalue weighted by molar-refractivity contribution is 0.291. The van der Waals surface area contributed by atoms with Crippen LogP contribution < -0.4 is 10.1 Å². The van der Waals surface area contributed by atoms with Gasteiger partial charge >= 0.3 is 0 Å². The van der Waals surface area contributed by atoms with Crippen molar-refractivity contribution in [1.29, 1.82) is 0 Å². The molecule has 1 aromatic carbocycles. The van der Waals surface area contributed by atoms with Gasteiger partial charge in [0.1, 0.15) is 12.4 Å². The van der Waals surface area contributed by atoms with Gasteiger partial charge in [-0.3, -0.25) is 0 Å². The molecule has 0 saturated carbocycles. The Morgan fingerprint density at radius 2 is 2.00 bits per heavy atom. The smallest absolute Gasteiger partial charge is 0.219 e. The quantitative estimate of drug-likeness (QED) is 0.623. The third-order valence-corrected chi connectivity index (χ3v) is 3.20. The van der Waals surface area contributed by atoms with Crippen LogP contribution in [0.25, 0.3) is 0 Å². The number of rotatable bonds is 7. The van der Waals surface area contributed by atoms with E-state index < -0.39 is 0 Å². The normalized spacial score (nSPS) is 10.3. The molecule has 106 valence electrons. The summed E-state index contributed by atoms with van der Waals surface area (Å²) >= 11 is 1.51. The molecule has 0 amide bonds. The Balaban J connectivity index is 2.06. The van der Waals surface area contributed by atoms with Crippen molar-refractivity contribution in [3.63, 3.8) is 0 Å². The molecule has 0 aliphatic carbocycles. The Bertz CT molecular complexity index is 534. The van der Waals surface area contributed by atoms with Crippen LogP contribution in [0.1, 0.15) is 18.9 Å². The fourth-order valence-corrected chi connectivity index (χ4v) is 2.02. The van der Waals surface area contributed by atoms with Gasteiger partial charge in [0.25, 0.3) is 0 Å². The first-order chi connectivity index (χ1) is 9.81. The maximum atomic E-state index is 5.75. The molecule has 0 unspecified atom stereocenters. The summed E-state index contributed by atoms with van der Waals surface area (Å²) in [5, 5.41) is 3.98. The van der Waals surface area contributed by atoms with Crippen molar-refractivity contribution in [3.05, 3.63) is 42.0 Å². The minimum atomic E-state index is 0.513. The highest BCUT2D eigenvalue weighted by Gasteiger charge is 2.05. The molecular formula is C15H19N3OS. The zero-order chi connectivity index (χ0) is 14.2. The average Bonchev–Trinajstić information content (AvgIpc) is 2.51. The van der Waals surface area contributed by atoms with E-state index in [9.17, 15) is 0 Å². The number of ether oxygens (including phenoxy) is 1. The van der Waals surface area contributed by atoms with Crippen molar-refractivity contribution in [2.45, 2.75) is 25.1 Å². The van der Waals surface area contributed by atoms with Gasteiger partial charge in [0, 0.05) is 12.6 Å². The second-order valence-corrected chi connectivity index (χ2v) is 5.05. The Labute approximate surface area is 124 Å². The number of hydrogen-bond acceptors (Lipinski definition) is 5. The van der Waals surface area contributed by atoms with Gasteiger partial charge in [-0.2, -0.15) is 4.98 Å². The molecule has 0 aliphatic rings. The predicted molar refractivity (Wildman–Crippen MR) is 83.4 cm³/mol. The van der Waals surface area contributed by atoms with Gasteiger partial charge in [-0.1, -0.05) is 49.0 Å². The van der Waals surface area contributed by atoms with Crippen molar-refractivity contribution in [2.24, 2.45) is 0 Å². The summed E-state index contributed by atoms with van der Waals surface area (Å²) in [4.78, 5) is 8.77. The summed E-state index contributed by atoms with van der Waals surface area (Å²) in [6.45, 7) is 3.53. The van der Waals surface area contributed by atoms with Crippen LogP contribution in [-0.2, 0) is 6.61 Å². The van der Waals surface area contributed by atoms with E-state index >= 15 is 0 Å². The molecule has 1 heterocycles. The second kappa shape index (κ2) is 7.75. The van der Waals surface area contributed by atoms with E-state index in [-0.39, 0.29) is 0 Å². The van der Waals surface area contributed by atoms with Gasteiger partial charge in [-0.05, 0) is 18.2 Å². The van der Waals surface area contributed by atoms with Crippen LogP contribution >= 0.6 is 11.8 Å². The fourth-order valence-electron chi connectivity index (χ4n) is 1.64. The van der Waals surface area contributed by atoms with Crippen molar-refractivity contribution >= 4 is 17.6 Å². The van der Waals surface area contributed by atoms with Gasteiger partial charge in [0.15, 0.2) is 5.16 Å². The van der Waals surface area contributed by atoms with Crippen molar-refractivity contribution in [3.8, 4) is 5.88 Å². The number of anilines is 1. The van der Waals surface area contributed by atoms with Crippen molar-refractivity contribution < 1.29 is 4.74 Å². The lowest BCUT2D eigenvalue weighted by Gasteiger charge is -2.09. The Hall–Kier alpha value is -1.75. The van der Waals surface area contributed by atoms with Crippen LogP contribution in [0.5, 0.6) is 5.88 Å². The number of nitrogens with zero attached hydrogens (tertiary/aromatic N) is 2. The van der Waals surface area contributed by atoms with E-state index in [1.807, 2.05) is 42.7 Å². The minimum Gasteiger partial charge on any atom is -0.473 e. The van der Waals surface area contributed by atoms with E-state index in [2.05, 4.69) is 22.2 Å². The molecule has 2 aromatic rings. The Kier molecular flexibility index (Phi) is 5.68. The number of nitrogens with one attached hydrogen (secondary N) is 1. The molecule has 20 heavy (non-hydrogen) atoms. The number of benzene rings is 1. The highest BCUT2D eigenvalue weighted by Crippen LogP contribution is 2.19.